The molecule has 0 amide bonds. The molecule has 1 aliphatic rings. The van der Waals surface area contributed by atoms with Crippen molar-refractivity contribution >= 4 is 13.6 Å². The second kappa shape index (κ2) is 7.28. The van der Waals surface area contributed by atoms with Crippen LogP contribution in [0.15, 0.2) is 77.5 Å². The van der Waals surface area contributed by atoms with Gasteiger partial charge in [-0.05, 0) is 48.6 Å². The normalized spacial score (nSPS) is 18.5. The largest absolute Gasteiger partial charge is 0.366 e. The van der Waals surface area contributed by atoms with E-state index in [9.17, 15) is 0 Å². The molecule has 0 radical (unpaired) electrons. The van der Waals surface area contributed by atoms with Crippen LogP contribution in [-0.4, -0.2) is 18.6 Å². The van der Waals surface area contributed by atoms with Crippen LogP contribution in [0.1, 0.15) is 31.9 Å². The second-order valence-electron chi connectivity index (χ2n) is 8.50. The first-order valence-electron chi connectivity index (χ1n) is 9.55. The predicted molar refractivity (Wildman–Crippen MR) is 117 cm³/mol. The van der Waals surface area contributed by atoms with Crippen LogP contribution in [0.3, 0.4) is 0 Å². The Morgan fingerprint density at radius 1 is 0.769 bits per heavy atom. The molecule has 0 bridgehead atoms. The molecule has 1 nitrogen and oxygen atoms in total. The molecule has 0 saturated heterocycles. The lowest BCUT2D eigenvalue weighted by molar-refractivity contribution is 0.334. The minimum Gasteiger partial charge on any atom is -0.366 e. The smallest absolute Gasteiger partial charge is 0.0761 e. The molecule has 1 unspecified atom stereocenters. The van der Waals surface area contributed by atoms with E-state index in [0.29, 0.717) is 5.67 Å². The quantitative estimate of drug-likeness (QED) is 0.561. The van der Waals surface area contributed by atoms with Gasteiger partial charge in [0.15, 0.2) is 0 Å². The van der Waals surface area contributed by atoms with Crippen LogP contribution in [-0.2, 0) is 6.54 Å². The van der Waals surface area contributed by atoms with Gasteiger partial charge < -0.3 is 4.90 Å². The van der Waals surface area contributed by atoms with Crippen molar-refractivity contribution in [1.29, 1.82) is 0 Å². The van der Waals surface area contributed by atoms with Gasteiger partial charge in [-0.1, -0.05) is 80.3 Å². The van der Waals surface area contributed by atoms with Gasteiger partial charge in [0.05, 0.1) is 8.07 Å². The Hall–Kier alpha value is -2.06. The standard InChI is InChI=1S/C24H31NSi/c1-18-19(2)23(22-15-11-8-12-16-22)24(26(4,5)6)25(20(18)3)17-21-13-9-7-10-14-21/h7-16,24H,17H2,1-6H3. The SMILES string of the molecule is CC1=C(c2ccccc2)C([Si](C)(C)C)N(Cc2ccccc2)C(C)=C1C. The van der Waals surface area contributed by atoms with Crippen LogP contribution in [0, 0.1) is 0 Å². The van der Waals surface area contributed by atoms with Gasteiger partial charge in [-0.25, -0.2) is 0 Å². The summed E-state index contributed by atoms with van der Waals surface area (Å²) < 4.78 is 0. The van der Waals surface area contributed by atoms with Gasteiger partial charge in [0.2, 0.25) is 0 Å². The maximum absolute atomic E-state index is 2.67. The molecule has 1 aliphatic heterocycles. The van der Waals surface area contributed by atoms with E-state index in [2.05, 4.69) is 106 Å². The zero-order valence-corrected chi connectivity index (χ0v) is 18.0. The summed E-state index contributed by atoms with van der Waals surface area (Å²) in [5, 5.41) is 0. The third-order valence-corrected chi connectivity index (χ3v) is 7.87. The van der Waals surface area contributed by atoms with Crippen LogP contribution in [0.4, 0.5) is 0 Å². The van der Waals surface area contributed by atoms with Gasteiger partial charge in [-0.3, -0.25) is 0 Å². The maximum Gasteiger partial charge on any atom is 0.0761 e. The van der Waals surface area contributed by atoms with E-state index < -0.39 is 8.07 Å². The topological polar surface area (TPSA) is 3.24 Å². The highest BCUT2D eigenvalue weighted by molar-refractivity contribution is 6.79. The monoisotopic (exact) mass is 361 g/mol. The van der Waals surface area contributed by atoms with Gasteiger partial charge in [-0.2, -0.15) is 0 Å². The number of allylic oxidation sites excluding steroid dienone is 3. The molecule has 2 aromatic carbocycles. The highest BCUT2D eigenvalue weighted by Crippen LogP contribution is 2.41. The van der Waals surface area contributed by atoms with E-state index in [4.69, 9.17) is 0 Å². The molecule has 1 atom stereocenters. The third-order valence-electron chi connectivity index (χ3n) is 5.63. The fourth-order valence-electron chi connectivity index (χ4n) is 4.13. The number of hydrogen-bond donors (Lipinski definition) is 0. The van der Waals surface area contributed by atoms with Crippen molar-refractivity contribution in [1.82, 2.24) is 4.90 Å². The lowest BCUT2D eigenvalue weighted by atomic mass is 9.90. The highest BCUT2D eigenvalue weighted by Gasteiger charge is 2.39. The van der Waals surface area contributed by atoms with Crippen molar-refractivity contribution in [2.24, 2.45) is 0 Å². The van der Waals surface area contributed by atoms with E-state index >= 15 is 0 Å². The van der Waals surface area contributed by atoms with Crippen LogP contribution in [0.5, 0.6) is 0 Å². The molecular formula is C24H31NSi. The van der Waals surface area contributed by atoms with Crippen LogP contribution in [0.25, 0.3) is 5.57 Å². The zero-order chi connectivity index (χ0) is 18.9. The van der Waals surface area contributed by atoms with E-state index in [0.717, 1.165) is 6.54 Å². The van der Waals surface area contributed by atoms with Gasteiger partial charge in [0.1, 0.15) is 0 Å². The Morgan fingerprint density at radius 2 is 1.31 bits per heavy atom. The van der Waals surface area contributed by atoms with Gasteiger partial charge >= 0.3 is 0 Å². The van der Waals surface area contributed by atoms with Gasteiger partial charge in [0.25, 0.3) is 0 Å². The molecule has 2 aromatic rings. The van der Waals surface area contributed by atoms with Gasteiger partial charge in [0, 0.05) is 17.9 Å². The summed E-state index contributed by atoms with van der Waals surface area (Å²) >= 11 is 0. The molecule has 0 aromatic heterocycles. The van der Waals surface area contributed by atoms with Gasteiger partial charge in [-0.15, -0.1) is 0 Å². The molecule has 2 heteroatoms. The molecule has 3 rings (SSSR count). The Kier molecular flexibility index (Phi) is 5.24. The maximum atomic E-state index is 2.67. The number of rotatable bonds is 4. The van der Waals surface area contributed by atoms with Crippen molar-refractivity contribution in [2.45, 2.75) is 52.6 Å². The Morgan fingerprint density at radius 3 is 1.85 bits per heavy atom. The average molecular weight is 362 g/mol. The Labute approximate surface area is 160 Å². The molecule has 0 spiro atoms. The Bertz CT molecular complexity index is 826. The van der Waals surface area contributed by atoms with Crippen molar-refractivity contribution in [2.75, 3.05) is 0 Å². The molecular weight excluding hydrogens is 330 g/mol. The highest BCUT2D eigenvalue weighted by atomic mass is 28.3. The summed E-state index contributed by atoms with van der Waals surface area (Å²) in [5.74, 6) is 0. The van der Waals surface area contributed by atoms with E-state index in [1.807, 2.05) is 0 Å². The molecule has 1 heterocycles. The summed E-state index contributed by atoms with van der Waals surface area (Å²) in [4.78, 5) is 2.67. The first-order valence-corrected chi connectivity index (χ1v) is 13.1. The van der Waals surface area contributed by atoms with E-state index in [1.165, 1.54) is 33.5 Å². The molecule has 0 aliphatic carbocycles. The molecule has 0 fully saturated rings. The van der Waals surface area contributed by atoms with Crippen LogP contribution >= 0.6 is 0 Å². The minimum atomic E-state index is -1.50. The summed E-state index contributed by atoms with van der Waals surface area (Å²) in [6.07, 6.45) is 0. The summed E-state index contributed by atoms with van der Waals surface area (Å²) in [7, 11) is -1.50. The predicted octanol–water partition coefficient (Wildman–Crippen LogP) is 6.52. The van der Waals surface area contributed by atoms with Crippen molar-refractivity contribution in [3.8, 4) is 0 Å². The van der Waals surface area contributed by atoms with Crippen molar-refractivity contribution < 1.29 is 0 Å². The zero-order valence-electron chi connectivity index (χ0n) is 17.0. The number of nitrogens with zero attached hydrogens (tertiary/aromatic N) is 1. The summed E-state index contributed by atoms with van der Waals surface area (Å²) in [6, 6.07) is 21.9. The number of hydrogen-bond acceptors (Lipinski definition) is 1. The summed E-state index contributed by atoms with van der Waals surface area (Å²) in [6.45, 7) is 15.4. The van der Waals surface area contributed by atoms with E-state index in [1.54, 1.807) is 0 Å². The molecule has 26 heavy (non-hydrogen) atoms. The first kappa shape index (κ1) is 18.7. The third kappa shape index (κ3) is 3.56. The second-order valence-corrected chi connectivity index (χ2v) is 13.8. The molecule has 0 N–H and O–H groups in total. The van der Waals surface area contributed by atoms with Crippen molar-refractivity contribution in [3.63, 3.8) is 0 Å². The minimum absolute atomic E-state index is 0.480. The first-order chi connectivity index (χ1) is 12.3. The average Bonchev–Trinajstić information content (AvgIpc) is 2.62. The van der Waals surface area contributed by atoms with Crippen molar-refractivity contribution in [3.05, 3.63) is 88.6 Å². The fraction of sp³-hybridized carbons (Fsp3) is 0.333. The molecule has 0 saturated carbocycles. The molecule has 136 valence electrons. The fourth-order valence-corrected chi connectivity index (χ4v) is 6.60. The Balaban J connectivity index is 2.15. The van der Waals surface area contributed by atoms with Crippen LogP contribution < -0.4 is 0 Å². The lowest BCUT2D eigenvalue weighted by Gasteiger charge is -2.47. The number of benzene rings is 2. The summed E-state index contributed by atoms with van der Waals surface area (Å²) in [5.41, 5.74) is 9.09. The lowest BCUT2D eigenvalue weighted by Crippen LogP contribution is -2.52. The van der Waals surface area contributed by atoms with Crippen LogP contribution in [0.2, 0.25) is 19.6 Å². The van der Waals surface area contributed by atoms with E-state index in [-0.39, 0.29) is 0 Å².